The Hall–Kier alpha value is -1.95. The van der Waals surface area contributed by atoms with Gasteiger partial charge < -0.3 is 10.6 Å². The van der Waals surface area contributed by atoms with Crippen LogP contribution in [0.25, 0.3) is 0 Å². The number of carbonyl (C=O) groups is 1. The van der Waals surface area contributed by atoms with E-state index in [-0.39, 0.29) is 17.6 Å². The third-order valence-electron chi connectivity index (χ3n) is 3.81. The summed E-state index contributed by atoms with van der Waals surface area (Å²) >= 11 is 0. The molecule has 0 radical (unpaired) electrons. The predicted octanol–water partition coefficient (Wildman–Crippen LogP) is 1.79. The zero-order valence-electron chi connectivity index (χ0n) is 11.5. The second kappa shape index (κ2) is 6.00. The lowest BCUT2D eigenvalue weighted by Crippen LogP contribution is -2.45. The van der Waals surface area contributed by atoms with Gasteiger partial charge in [-0.25, -0.2) is 0 Å². The third-order valence-corrected chi connectivity index (χ3v) is 3.81. The zero-order valence-corrected chi connectivity index (χ0v) is 11.5. The molecule has 0 aromatic heterocycles. The smallest absolute Gasteiger partial charge is 0.269 e. The number of nitrogens with two attached hydrogens (primary N) is 1. The molecule has 1 aliphatic rings. The number of amides is 1. The molecular formula is C14H19N3O3. The number of hydrogen-bond acceptors (Lipinski definition) is 4. The van der Waals surface area contributed by atoms with Crippen molar-refractivity contribution < 1.29 is 9.72 Å². The number of carbonyl (C=O) groups excluding carboxylic acids is 1. The van der Waals surface area contributed by atoms with Crippen LogP contribution in [0.1, 0.15) is 30.1 Å². The van der Waals surface area contributed by atoms with E-state index in [0.29, 0.717) is 18.0 Å². The van der Waals surface area contributed by atoms with E-state index in [1.165, 1.54) is 24.3 Å². The molecule has 2 atom stereocenters. The van der Waals surface area contributed by atoms with Crippen molar-refractivity contribution >= 4 is 11.6 Å². The summed E-state index contributed by atoms with van der Waals surface area (Å²) in [5.41, 5.74) is 6.39. The number of likely N-dealkylation sites (tertiary alicyclic amines) is 1. The summed E-state index contributed by atoms with van der Waals surface area (Å²) in [6, 6.07) is 5.81. The Kier molecular flexibility index (Phi) is 4.34. The second-order valence-corrected chi connectivity index (χ2v) is 5.32. The molecule has 1 fully saturated rings. The fraction of sp³-hybridized carbons (Fsp3) is 0.500. The molecule has 6 heteroatoms. The first-order valence-corrected chi connectivity index (χ1v) is 6.78. The van der Waals surface area contributed by atoms with Crippen molar-refractivity contribution in [3.63, 3.8) is 0 Å². The number of hydrogen-bond donors (Lipinski definition) is 1. The summed E-state index contributed by atoms with van der Waals surface area (Å²) in [7, 11) is 0. The zero-order chi connectivity index (χ0) is 14.7. The molecule has 2 rings (SSSR count). The molecule has 0 spiro atoms. The second-order valence-electron chi connectivity index (χ2n) is 5.32. The standard InChI is InChI=1S/C14H19N3O3/c1-10(15)12-3-2-8-16(9-12)14(18)11-4-6-13(7-5-11)17(19)20/h4-7,10,12H,2-3,8-9,15H2,1H3. The molecule has 1 aliphatic heterocycles. The Morgan fingerprint density at radius 2 is 2.10 bits per heavy atom. The van der Waals surface area contributed by atoms with Crippen LogP contribution < -0.4 is 5.73 Å². The van der Waals surface area contributed by atoms with E-state index in [4.69, 9.17) is 5.73 Å². The number of piperidine rings is 1. The van der Waals surface area contributed by atoms with Crippen molar-refractivity contribution in [2.45, 2.75) is 25.8 Å². The summed E-state index contributed by atoms with van der Waals surface area (Å²) in [5, 5.41) is 10.6. The lowest BCUT2D eigenvalue weighted by Gasteiger charge is -2.34. The highest BCUT2D eigenvalue weighted by Gasteiger charge is 2.26. The van der Waals surface area contributed by atoms with E-state index >= 15 is 0 Å². The van der Waals surface area contributed by atoms with Gasteiger partial charge in [-0.15, -0.1) is 0 Å². The topological polar surface area (TPSA) is 89.5 Å². The molecule has 0 saturated carbocycles. The van der Waals surface area contributed by atoms with Gasteiger partial charge in [0.2, 0.25) is 0 Å². The van der Waals surface area contributed by atoms with Crippen molar-refractivity contribution in [3.8, 4) is 0 Å². The minimum absolute atomic E-state index is 0.00588. The van der Waals surface area contributed by atoms with Crippen LogP contribution >= 0.6 is 0 Å². The van der Waals surface area contributed by atoms with Crippen LogP contribution in [0.5, 0.6) is 0 Å². The summed E-state index contributed by atoms with van der Waals surface area (Å²) < 4.78 is 0. The van der Waals surface area contributed by atoms with Gasteiger partial charge in [-0.05, 0) is 37.8 Å². The summed E-state index contributed by atoms with van der Waals surface area (Å²) in [6.07, 6.45) is 1.99. The van der Waals surface area contributed by atoms with E-state index in [2.05, 4.69) is 0 Å². The molecule has 1 saturated heterocycles. The molecule has 2 N–H and O–H groups in total. The summed E-state index contributed by atoms with van der Waals surface area (Å²) in [4.78, 5) is 24.3. The number of nitrogens with zero attached hydrogens (tertiary/aromatic N) is 2. The Labute approximate surface area is 117 Å². The van der Waals surface area contributed by atoms with Gasteiger partial charge in [-0.2, -0.15) is 0 Å². The maximum Gasteiger partial charge on any atom is 0.269 e. The van der Waals surface area contributed by atoms with Gasteiger partial charge in [-0.1, -0.05) is 0 Å². The van der Waals surface area contributed by atoms with Gasteiger partial charge in [-0.3, -0.25) is 14.9 Å². The molecule has 108 valence electrons. The van der Waals surface area contributed by atoms with Crippen molar-refractivity contribution in [3.05, 3.63) is 39.9 Å². The first-order chi connectivity index (χ1) is 9.49. The van der Waals surface area contributed by atoms with E-state index in [0.717, 1.165) is 19.4 Å². The quantitative estimate of drug-likeness (QED) is 0.673. The monoisotopic (exact) mass is 277 g/mol. The van der Waals surface area contributed by atoms with Crippen LogP contribution in [0.3, 0.4) is 0 Å². The molecule has 2 unspecified atom stereocenters. The van der Waals surface area contributed by atoms with E-state index in [1.54, 1.807) is 4.90 Å². The molecule has 1 heterocycles. The number of rotatable bonds is 3. The Balaban J connectivity index is 2.08. The van der Waals surface area contributed by atoms with Crippen molar-refractivity contribution in [1.29, 1.82) is 0 Å². The molecule has 0 bridgehead atoms. The van der Waals surface area contributed by atoms with Gasteiger partial charge in [0.1, 0.15) is 0 Å². The van der Waals surface area contributed by atoms with Crippen LogP contribution in [0, 0.1) is 16.0 Å². The van der Waals surface area contributed by atoms with Gasteiger partial charge in [0.15, 0.2) is 0 Å². The number of non-ortho nitro benzene ring substituents is 1. The highest BCUT2D eigenvalue weighted by atomic mass is 16.6. The van der Waals surface area contributed by atoms with Gasteiger partial charge >= 0.3 is 0 Å². The van der Waals surface area contributed by atoms with Crippen molar-refractivity contribution in [1.82, 2.24) is 4.90 Å². The Bertz CT molecular complexity index is 499. The number of nitro groups is 1. The molecule has 1 amide bonds. The average Bonchev–Trinajstić information content (AvgIpc) is 2.46. The fourth-order valence-corrected chi connectivity index (χ4v) is 2.53. The Morgan fingerprint density at radius 1 is 1.45 bits per heavy atom. The molecule has 1 aromatic rings. The SMILES string of the molecule is CC(N)C1CCCN(C(=O)c2ccc([N+](=O)[O-])cc2)C1. The predicted molar refractivity (Wildman–Crippen MR) is 75.4 cm³/mol. The fourth-order valence-electron chi connectivity index (χ4n) is 2.53. The molecule has 6 nitrogen and oxygen atoms in total. The maximum atomic E-state index is 12.4. The van der Waals surface area contributed by atoms with Crippen LogP contribution in [0.4, 0.5) is 5.69 Å². The molecule has 20 heavy (non-hydrogen) atoms. The van der Waals surface area contributed by atoms with Gasteiger partial charge in [0, 0.05) is 36.8 Å². The van der Waals surface area contributed by atoms with Crippen LogP contribution in [-0.2, 0) is 0 Å². The van der Waals surface area contributed by atoms with E-state index in [9.17, 15) is 14.9 Å². The maximum absolute atomic E-state index is 12.4. The van der Waals surface area contributed by atoms with Crippen molar-refractivity contribution in [2.24, 2.45) is 11.7 Å². The van der Waals surface area contributed by atoms with Crippen LogP contribution in [0.15, 0.2) is 24.3 Å². The molecule has 1 aromatic carbocycles. The molecule has 0 aliphatic carbocycles. The Morgan fingerprint density at radius 3 is 2.65 bits per heavy atom. The van der Waals surface area contributed by atoms with E-state index < -0.39 is 4.92 Å². The average molecular weight is 277 g/mol. The lowest BCUT2D eigenvalue weighted by molar-refractivity contribution is -0.384. The van der Waals surface area contributed by atoms with Crippen LogP contribution in [0.2, 0.25) is 0 Å². The highest BCUT2D eigenvalue weighted by molar-refractivity contribution is 5.94. The third kappa shape index (κ3) is 3.14. The van der Waals surface area contributed by atoms with Gasteiger partial charge in [0.05, 0.1) is 4.92 Å². The highest BCUT2D eigenvalue weighted by Crippen LogP contribution is 2.21. The summed E-state index contributed by atoms with van der Waals surface area (Å²) in [6.45, 7) is 3.34. The van der Waals surface area contributed by atoms with Gasteiger partial charge in [0.25, 0.3) is 11.6 Å². The van der Waals surface area contributed by atoms with Crippen LogP contribution in [-0.4, -0.2) is 34.9 Å². The first kappa shape index (κ1) is 14.5. The minimum atomic E-state index is -0.471. The largest absolute Gasteiger partial charge is 0.338 e. The summed E-state index contributed by atoms with van der Waals surface area (Å²) in [5.74, 6) is 0.246. The minimum Gasteiger partial charge on any atom is -0.338 e. The first-order valence-electron chi connectivity index (χ1n) is 6.78. The lowest BCUT2D eigenvalue weighted by atomic mass is 9.92. The normalized spacial score (nSPS) is 20.5. The van der Waals surface area contributed by atoms with E-state index in [1.807, 2.05) is 6.92 Å². The van der Waals surface area contributed by atoms with Crippen molar-refractivity contribution in [2.75, 3.05) is 13.1 Å². The number of benzene rings is 1. The number of nitro benzene ring substituents is 1. The molecular weight excluding hydrogens is 258 g/mol.